The van der Waals surface area contributed by atoms with E-state index in [0.29, 0.717) is 38.2 Å². The predicted molar refractivity (Wildman–Crippen MR) is 77.8 cm³/mol. The predicted octanol–water partition coefficient (Wildman–Crippen LogP) is 0.637. The maximum atomic E-state index is 12.2. The number of nitrogens with one attached hydrogen (secondary N) is 1. The van der Waals surface area contributed by atoms with Crippen molar-refractivity contribution in [3.8, 4) is 0 Å². The Morgan fingerprint density at radius 3 is 2.50 bits per heavy atom. The van der Waals surface area contributed by atoms with Crippen LogP contribution in [-0.4, -0.2) is 47.4 Å². The van der Waals surface area contributed by atoms with Gasteiger partial charge in [-0.15, -0.1) is 0 Å². The van der Waals surface area contributed by atoms with Crippen LogP contribution in [0.25, 0.3) is 0 Å². The lowest BCUT2D eigenvalue weighted by atomic mass is 10.0. The third-order valence-corrected chi connectivity index (χ3v) is 3.84. The first-order valence-corrected chi connectivity index (χ1v) is 7.33. The molecule has 0 unspecified atom stereocenters. The molecule has 2 heterocycles. The van der Waals surface area contributed by atoms with Crippen molar-refractivity contribution in [3.05, 3.63) is 21.7 Å². The fraction of sp³-hybridized carbons (Fsp3) is 0.643. The molecule has 22 heavy (non-hydrogen) atoms. The van der Waals surface area contributed by atoms with Crippen molar-refractivity contribution in [3.63, 3.8) is 0 Å². The zero-order valence-electron chi connectivity index (χ0n) is 13.0. The molecule has 0 saturated carbocycles. The number of nitrogens with zero attached hydrogens (tertiary/aromatic N) is 2. The van der Waals surface area contributed by atoms with Crippen LogP contribution < -0.4 is 10.9 Å². The van der Waals surface area contributed by atoms with E-state index >= 15 is 0 Å². The van der Waals surface area contributed by atoms with Crippen LogP contribution in [0.1, 0.15) is 35.8 Å². The van der Waals surface area contributed by atoms with E-state index in [1.54, 1.807) is 25.8 Å². The number of carbonyl (C=O) groups is 2. The Morgan fingerprint density at radius 1 is 1.36 bits per heavy atom. The van der Waals surface area contributed by atoms with Gasteiger partial charge in [0.2, 0.25) is 0 Å². The Morgan fingerprint density at radius 2 is 2.00 bits per heavy atom. The Labute approximate surface area is 128 Å². The van der Waals surface area contributed by atoms with Crippen molar-refractivity contribution in [2.45, 2.75) is 32.7 Å². The number of rotatable bonds is 3. The summed E-state index contributed by atoms with van der Waals surface area (Å²) in [6.45, 7) is 4.80. The summed E-state index contributed by atoms with van der Waals surface area (Å²) in [5.74, 6) is -0.429. The Balaban J connectivity index is 1.92. The van der Waals surface area contributed by atoms with Gasteiger partial charge in [0.15, 0.2) is 0 Å². The highest BCUT2D eigenvalue weighted by Crippen LogP contribution is 2.12. The molecule has 0 atom stereocenters. The molecule has 0 radical (unpaired) electrons. The molecule has 1 aromatic heterocycles. The lowest BCUT2D eigenvalue weighted by Crippen LogP contribution is -2.47. The van der Waals surface area contributed by atoms with Gasteiger partial charge in [0.1, 0.15) is 5.56 Å². The van der Waals surface area contributed by atoms with E-state index in [0.717, 1.165) is 0 Å². The molecule has 8 nitrogen and oxygen atoms in total. The number of piperidine rings is 1. The summed E-state index contributed by atoms with van der Waals surface area (Å²) in [6, 6.07) is -0.0721. The zero-order chi connectivity index (χ0) is 16.3. The fourth-order valence-electron chi connectivity index (χ4n) is 2.48. The van der Waals surface area contributed by atoms with Crippen LogP contribution in [0.2, 0.25) is 0 Å². The minimum Gasteiger partial charge on any atom is -0.450 e. The van der Waals surface area contributed by atoms with Gasteiger partial charge < -0.3 is 19.5 Å². The van der Waals surface area contributed by atoms with Crippen molar-refractivity contribution in [1.82, 2.24) is 15.0 Å². The van der Waals surface area contributed by atoms with Crippen LogP contribution in [0.5, 0.6) is 0 Å². The quantitative estimate of drug-likeness (QED) is 0.884. The highest BCUT2D eigenvalue weighted by Gasteiger charge is 2.27. The van der Waals surface area contributed by atoms with E-state index in [2.05, 4.69) is 5.32 Å². The molecule has 1 saturated heterocycles. The van der Waals surface area contributed by atoms with Gasteiger partial charge in [-0.2, -0.15) is 0 Å². The first kappa shape index (κ1) is 16.1. The lowest BCUT2D eigenvalue weighted by Gasteiger charge is -2.31. The van der Waals surface area contributed by atoms with Crippen LogP contribution in [0.4, 0.5) is 4.79 Å². The van der Waals surface area contributed by atoms with Crippen molar-refractivity contribution < 1.29 is 18.8 Å². The van der Waals surface area contributed by atoms with Gasteiger partial charge in [-0.1, -0.05) is 0 Å². The molecule has 1 aliphatic heterocycles. The maximum Gasteiger partial charge on any atom is 0.409 e. The number of amides is 2. The molecule has 0 aliphatic carbocycles. The molecule has 2 amide bonds. The molecular weight excluding hydrogens is 290 g/mol. The summed E-state index contributed by atoms with van der Waals surface area (Å²) in [4.78, 5) is 37.1. The second-order valence-electron chi connectivity index (χ2n) is 5.27. The Hall–Kier alpha value is -2.25. The standard InChI is InChI=1S/C14H21N3O5/c1-4-21-14(20)17-7-5-10(6-8-17)15-12(18)11-9(2)16(3)22-13(11)19/h10H,4-8H2,1-3H3,(H,15,18). The Kier molecular flexibility index (Phi) is 4.89. The number of carbonyl (C=O) groups excluding carboxylic acids is 2. The monoisotopic (exact) mass is 311 g/mol. The zero-order valence-corrected chi connectivity index (χ0v) is 13.0. The van der Waals surface area contributed by atoms with E-state index in [9.17, 15) is 14.4 Å². The van der Waals surface area contributed by atoms with Crippen LogP contribution in [0.15, 0.2) is 9.32 Å². The first-order chi connectivity index (χ1) is 10.4. The molecule has 122 valence electrons. The van der Waals surface area contributed by atoms with E-state index in [-0.39, 0.29) is 17.7 Å². The van der Waals surface area contributed by atoms with E-state index in [4.69, 9.17) is 9.26 Å². The average molecular weight is 311 g/mol. The van der Waals surface area contributed by atoms with Crippen molar-refractivity contribution >= 4 is 12.0 Å². The highest BCUT2D eigenvalue weighted by atomic mass is 16.6. The molecule has 1 N–H and O–H groups in total. The number of hydrogen-bond acceptors (Lipinski definition) is 5. The molecule has 1 aliphatic rings. The smallest absolute Gasteiger partial charge is 0.409 e. The SMILES string of the molecule is CCOC(=O)N1CCC(NC(=O)c2c(C)n(C)oc2=O)CC1. The first-order valence-electron chi connectivity index (χ1n) is 7.33. The van der Waals surface area contributed by atoms with Crippen molar-refractivity contribution in [2.24, 2.45) is 7.05 Å². The number of likely N-dealkylation sites (tertiary alicyclic amines) is 1. The second-order valence-corrected chi connectivity index (χ2v) is 5.27. The van der Waals surface area contributed by atoms with Crippen molar-refractivity contribution in [1.29, 1.82) is 0 Å². The van der Waals surface area contributed by atoms with E-state index < -0.39 is 11.5 Å². The van der Waals surface area contributed by atoms with Crippen molar-refractivity contribution in [2.75, 3.05) is 19.7 Å². The molecule has 1 aromatic rings. The molecular formula is C14H21N3O5. The largest absolute Gasteiger partial charge is 0.450 e. The van der Waals surface area contributed by atoms with E-state index in [1.165, 1.54) is 4.74 Å². The topological polar surface area (TPSA) is 93.8 Å². The van der Waals surface area contributed by atoms with Gasteiger partial charge in [-0.3, -0.25) is 4.79 Å². The summed E-state index contributed by atoms with van der Waals surface area (Å²) in [7, 11) is 1.57. The molecule has 1 fully saturated rings. The normalized spacial score (nSPS) is 15.7. The van der Waals surface area contributed by atoms with Crippen LogP contribution in [0, 0.1) is 6.92 Å². The minimum atomic E-state index is -0.638. The van der Waals surface area contributed by atoms with Gasteiger partial charge in [-0.05, 0) is 26.7 Å². The fourth-order valence-corrected chi connectivity index (χ4v) is 2.48. The molecule has 0 spiro atoms. The number of hydrogen-bond donors (Lipinski definition) is 1. The van der Waals surface area contributed by atoms with Crippen LogP contribution in [0.3, 0.4) is 0 Å². The van der Waals surface area contributed by atoms with Crippen LogP contribution >= 0.6 is 0 Å². The van der Waals surface area contributed by atoms with Gasteiger partial charge in [0.05, 0.1) is 12.3 Å². The highest BCUT2D eigenvalue weighted by molar-refractivity contribution is 5.95. The molecule has 0 aromatic carbocycles. The van der Waals surface area contributed by atoms with Gasteiger partial charge >= 0.3 is 11.7 Å². The third-order valence-electron chi connectivity index (χ3n) is 3.84. The van der Waals surface area contributed by atoms with E-state index in [1.807, 2.05) is 0 Å². The summed E-state index contributed by atoms with van der Waals surface area (Å²) in [5.41, 5.74) is -0.108. The molecule has 2 rings (SSSR count). The number of aryl methyl sites for hydroxylation is 1. The molecule has 0 bridgehead atoms. The van der Waals surface area contributed by atoms with Gasteiger partial charge in [0.25, 0.3) is 5.91 Å². The second kappa shape index (κ2) is 6.67. The van der Waals surface area contributed by atoms with Gasteiger partial charge in [-0.25, -0.2) is 14.3 Å². The average Bonchev–Trinajstić information content (AvgIpc) is 2.73. The molecule has 8 heteroatoms. The summed E-state index contributed by atoms with van der Waals surface area (Å²) in [6.07, 6.45) is 0.926. The minimum absolute atomic E-state index is 0.0373. The summed E-state index contributed by atoms with van der Waals surface area (Å²) < 4.78 is 11.1. The third kappa shape index (κ3) is 3.32. The number of aromatic nitrogens is 1. The van der Waals surface area contributed by atoms with Gasteiger partial charge in [0, 0.05) is 26.2 Å². The summed E-state index contributed by atoms with van der Waals surface area (Å²) in [5, 5.41) is 2.83. The Bertz CT molecular complexity index is 610. The lowest BCUT2D eigenvalue weighted by molar-refractivity contribution is 0.0858. The maximum absolute atomic E-state index is 12.2. The number of ether oxygens (including phenoxy) is 1. The van der Waals surface area contributed by atoms with Crippen LogP contribution in [-0.2, 0) is 11.8 Å². The summed E-state index contributed by atoms with van der Waals surface area (Å²) >= 11 is 0.